The average molecular weight is 284 g/mol. The zero-order valence-corrected chi connectivity index (χ0v) is 10.6. The van der Waals surface area contributed by atoms with Crippen LogP contribution in [0.1, 0.15) is 6.92 Å². The van der Waals surface area contributed by atoms with Crippen molar-refractivity contribution in [1.29, 1.82) is 0 Å². The summed E-state index contributed by atoms with van der Waals surface area (Å²) >= 11 is 3.36. The van der Waals surface area contributed by atoms with E-state index in [2.05, 4.69) is 38.5 Å². The predicted molar refractivity (Wildman–Crippen MR) is 66.1 cm³/mol. The third-order valence-corrected chi connectivity index (χ3v) is 3.52. The molecule has 0 bridgehead atoms. The number of pyridine rings is 1. The lowest BCUT2D eigenvalue weighted by molar-refractivity contribution is -0.120. The first-order valence-electron chi connectivity index (χ1n) is 5.29. The number of hydrogen-bond donors (Lipinski definition) is 2. The van der Waals surface area contributed by atoms with Crippen LogP contribution < -0.4 is 10.6 Å². The Bertz CT molecular complexity index is 397. The van der Waals surface area contributed by atoms with Gasteiger partial charge in [-0.25, -0.2) is 0 Å². The van der Waals surface area contributed by atoms with Crippen LogP contribution in [-0.2, 0) is 4.79 Å². The summed E-state index contributed by atoms with van der Waals surface area (Å²) in [4.78, 5) is 15.9. The van der Waals surface area contributed by atoms with Crippen LogP contribution in [0.2, 0.25) is 0 Å². The molecule has 16 heavy (non-hydrogen) atoms. The van der Waals surface area contributed by atoms with Gasteiger partial charge in [0.2, 0.25) is 5.91 Å². The summed E-state index contributed by atoms with van der Waals surface area (Å²) in [6.45, 7) is 3.76. The molecule has 0 aliphatic carbocycles. The average Bonchev–Trinajstić information content (AvgIpc) is 2.68. The predicted octanol–water partition coefficient (Wildman–Crippen LogP) is 1.64. The number of carbonyl (C=O) groups is 1. The molecule has 0 spiro atoms. The van der Waals surface area contributed by atoms with Crippen LogP contribution in [0, 0.1) is 11.8 Å². The molecule has 1 aliphatic heterocycles. The minimum atomic E-state index is 0.0556. The second-order valence-corrected chi connectivity index (χ2v) is 4.94. The minimum Gasteiger partial charge on any atom is -0.325 e. The van der Waals surface area contributed by atoms with Crippen molar-refractivity contribution in [3.63, 3.8) is 0 Å². The molecule has 2 heterocycles. The van der Waals surface area contributed by atoms with Crippen LogP contribution in [0.5, 0.6) is 0 Å². The third-order valence-electron chi connectivity index (χ3n) is 2.88. The minimum absolute atomic E-state index is 0.0556. The summed E-state index contributed by atoms with van der Waals surface area (Å²) in [5.41, 5.74) is 0.777. The molecule has 1 amide bonds. The monoisotopic (exact) mass is 283 g/mol. The summed E-state index contributed by atoms with van der Waals surface area (Å²) in [6, 6.07) is 1.79. The van der Waals surface area contributed by atoms with Crippen molar-refractivity contribution in [1.82, 2.24) is 10.3 Å². The lowest BCUT2D eigenvalue weighted by Gasteiger charge is -2.14. The Labute approximate surface area is 103 Å². The van der Waals surface area contributed by atoms with Gasteiger partial charge in [-0.15, -0.1) is 0 Å². The van der Waals surface area contributed by atoms with Crippen molar-refractivity contribution >= 4 is 27.5 Å². The Morgan fingerprint density at radius 3 is 3.06 bits per heavy atom. The smallest absolute Gasteiger partial charge is 0.229 e. The van der Waals surface area contributed by atoms with Gasteiger partial charge in [-0.05, 0) is 34.5 Å². The maximum atomic E-state index is 12.0. The largest absolute Gasteiger partial charge is 0.325 e. The summed E-state index contributed by atoms with van der Waals surface area (Å²) in [5.74, 6) is 0.519. The molecule has 2 N–H and O–H groups in total. The number of aromatic nitrogens is 1. The summed E-state index contributed by atoms with van der Waals surface area (Å²) in [6.07, 6.45) is 3.34. The van der Waals surface area contributed by atoms with Gasteiger partial charge in [0, 0.05) is 18.9 Å². The standard InChI is InChI=1S/C11H14BrN3O/c1-7-4-14-5-8(7)11(16)15-10-2-3-13-6-9(10)12/h2-3,6-8,14H,4-5H2,1H3,(H,13,15,16)/t7-,8-/m1/s1. The van der Waals surface area contributed by atoms with Gasteiger partial charge in [-0.2, -0.15) is 0 Å². The van der Waals surface area contributed by atoms with Crippen LogP contribution in [0.3, 0.4) is 0 Å². The van der Waals surface area contributed by atoms with E-state index in [0.29, 0.717) is 5.92 Å². The number of nitrogens with one attached hydrogen (secondary N) is 2. The molecule has 0 saturated carbocycles. The normalized spacial score (nSPS) is 24.4. The Balaban J connectivity index is 2.05. The zero-order valence-electron chi connectivity index (χ0n) is 9.03. The summed E-state index contributed by atoms with van der Waals surface area (Å²) < 4.78 is 0.807. The second kappa shape index (κ2) is 4.93. The van der Waals surface area contributed by atoms with Gasteiger partial charge in [-0.3, -0.25) is 9.78 Å². The highest BCUT2D eigenvalue weighted by Crippen LogP contribution is 2.23. The zero-order chi connectivity index (χ0) is 11.5. The van der Waals surface area contributed by atoms with E-state index in [0.717, 1.165) is 23.2 Å². The number of anilines is 1. The van der Waals surface area contributed by atoms with Gasteiger partial charge in [0.1, 0.15) is 0 Å². The number of nitrogens with zero attached hydrogens (tertiary/aromatic N) is 1. The summed E-state index contributed by atoms with van der Waals surface area (Å²) in [5, 5.41) is 6.14. The number of halogens is 1. The quantitative estimate of drug-likeness (QED) is 0.868. The van der Waals surface area contributed by atoms with Crippen molar-refractivity contribution in [2.45, 2.75) is 6.92 Å². The van der Waals surface area contributed by atoms with E-state index >= 15 is 0 Å². The van der Waals surface area contributed by atoms with Gasteiger partial charge < -0.3 is 10.6 Å². The van der Waals surface area contributed by atoms with E-state index < -0.39 is 0 Å². The van der Waals surface area contributed by atoms with E-state index in [1.807, 2.05) is 0 Å². The Morgan fingerprint density at radius 2 is 2.44 bits per heavy atom. The van der Waals surface area contributed by atoms with E-state index in [4.69, 9.17) is 0 Å². The fraction of sp³-hybridized carbons (Fsp3) is 0.455. The molecule has 0 unspecified atom stereocenters. The third kappa shape index (κ3) is 2.41. The molecule has 86 valence electrons. The van der Waals surface area contributed by atoms with Crippen LogP contribution in [0.25, 0.3) is 0 Å². The Kier molecular flexibility index (Phi) is 3.56. The van der Waals surface area contributed by atoms with Crippen molar-refractivity contribution < 1.29 is 4.79 Å². The molecule has 1 saturated heterocycles. The second-order valence-electron chi connectivity index (χ2n) is 4.09. The van der Waals surface area contributed by atoms with E-state index in [-0.39, 0.29) is 11.8 Å². The number of rotatable bonds is 2. The summed E-state index contributed by atoms with van der Waals surface area (Å²) in [7, 11) is 0. The lowest BCUT2D eigenvalue weighted by atomic mass is 9.97. The molecule has 0 radical (unpaired) electrons. The maximum absolute atomic E-state index is 12.0. The molecule has 2 atom stereocenters. The molecule has 0 aromatic carbocycles. The molecule has 5 heteroatoms. The van der Waals surface area contributed by atoms with Gasteiger partial charge >= 0.3 is 0 Å². The molecular weight excluding hydrogens is 270 g/mol. The first-order valence-corrected chi connectivity index (χ1v) is 6.09. The van der Waals surface area contributed by atoms with Crippen molar-refractivity contribution in [3.05, 3.63) is 22.9 Å². The van der Waals surface area contributed by atoms with Crippen LogP contribution >= 0.6 is 15.9 Å². The van der Waals surface area contributed by atoms with Crippen molar-refractivity contribution in [2.75, 3.05) is 18.4 Å². The molecule has 1 aliphatic rings. The number of amides is 1. The molecule has 1 aromatic heterocycles. The fourth-order valence-electron chi connectivity index (χ4n) is 1.86. The molecule has 2 rings (SSSR count). The van der Waals surface area contributed by atoms with Crippen molar-refractivity contribution in [2.24, 2.45) is 11.8 Å². The topological polar surface area (TPSA) is 54.0 Å². The fourth-order valence-corrected chi connectivity index (χ4v) is 2.21. The molecule has 1 fully saturated rings. The highest BCUT2D eigenvalue weighted by atomic mass is 79.9. The van der Waals surface area contributed by atoms with E-state index in [1.165, 1.54) is 0 Å². The van der Waals surface area contributed by atoms with Crippen molar-refractivity contribution in [3.8, 4) is 0 Å². The first-order chi connectivity index (χ1) is 7.68. The number of hydrogen-bond acceptors (Lipinski definition) is 3. The van der Waals surface area contributed by atoms with E-state index in [9.17, 15) is 4.79 Å². The first kappa shape index (κ1) is 11.5. The molecule has 1 aromatic rings. The highest BCUT2D eigenvalue weighted by molar-refractivity contribution is 9.10. The van der Waals surface area contributed by atoms with Gasteiger partial charge in [-0.1, -0.05) is 6.92 Å². The highest BCUT2D eigenvalue weighted by Gasteiger charge is 2.29. The molecular formula is C11H14BrN3O. The lowest BCUT2D eigenvalue weighted by Crippen LogP contribution is -2.27. The van der Waals surface area contributed by atoms with Crippen LogP contribution in [0.4, 0.5) is 5.69 Å². The molecule has 4 nitrogen and oxygen atoms in total. The van der Waals surface area contributed by atoms with Gasteiger partial charge in [0.25, 0.3) is 0 Å². The Morgan fingerprint density at radius 1 is 1.62 bits per heavy atom. The maximum Gasteiger partial charge on any atom is 0.229 e. The van der Waals surface area contributed by atoms with Gasteiger partial charge in [0.15, 0.2) is 0 Å². The Hall–Kier alpha value is -0.940. The SMILES string of the molecule is C[C@@H]1CNC[C@H]1C(=O)Nc1ccncc1Br. The number of carbonyl (C=O) groups excluding carboxylic acids is 1. The van der Waals surface area contributed by atoms with Gasteiger partial charge in [0.05, 0.1) is 16.1 Å². The van der Waals surface area contributed by atoms with Crippen LogP contribution in [-0.4, -0.2) is 24.0 Å². The van der Waals surface area contributed by atoms with Crippen LogP contribution in [0.15, 0.2) is 22.9 Å². The van der Waals surface area contributed by atoms with E-state index in [1.54, 1.807) is 18.5 Å².